The van der Waals surface area contributed by atoms with Crippen molar-refractivity contribution in [2.45, 2.75) is 43.9 Å². The predicted molar refractivity (Wildman–Crippen MR) is 120 cm³/mol. The lowest BCUT2D eigenvalue weighted by molar-refractivity contribution is -0.123. The molecule has 3 rings (SSSR count). The number of nitrogens with zero attached hydrogens (tertiary/aromatic N) is 1. The van der Waals surface area contributed by atoms with Gasteiger partial charge in [0.2, 0.25) is 0 Å². The van der Waals surface area contributed by atoms with Gasteiger partial charge in [0.25, 0.3) is 11.8 Å². The fourth-order valence-electron chi connectivity index (χ4n) is 4.16. The maximum atomic E-state index is 12.9. The van der Waals surface area contributed by atoms with Gasteiger partial charge in [-0.1, -0.05) is 11.6 Å². The fraction of sp³-hybridized carbons (Fsp3) is 0.571. The molecule has 0 aromatic heterocycles. The average molecular weight is 468 g/mol. The largest absolute Gasteiger partial charge is 0.496 e. The number of amides is 4. The van der Waals surface area contributed by atoms with E-state index >= 15 is 0 Å². The number of rotatable bonds is 8. The Morgan fingerprint density at radius 3 is 2.75 bits per heavy atom. The number of methoxy groups -OCH3 is 2. The highest BCUT2D eigenvalue weighted by atomic mass is 35.5. The number of piperidine rings is 1. The van der Waals surface area contributed by atoms with Crippen molar-refractivity contribution >= 4 is 35.1 Å². The number of hydrogen-bond acceptors (Lipinski definition) is 7. The first-order valence-electron chi connectivity index (χ1n) is 10.5. The number of carbonyl (C=O) groups is 3. The summed E-state index contributed by atoms with van der Waals surface area (Å²) in [6, 6.07) is 2.40. The van der Waals surface area contributed by atoms with Gasteiger partial charge in [0.15, 0.2) is 0 Å². The number of likely N-dealkylation sites (tertiary alicyclic amines) is 1. The molecule has 4 amide bonds. The van der Waals surface area contributed by atoms with Gasteiger partial charge in [0, 0.05) is 26.3 Å². The summed E-state index contributed by atoms with van der Waals surface area (Å²) >= 11 is 6.09. The van der Waals surface area contributed by atoms with E-state index in [4.69, 9.17) is 26.8 Å². The second-order valence-electron chi connectivity index (χ2n) is 8.36. The third kappa shape index (κ3) is 5.25. The van der Waals surface area contributed by atoms with Gasteiger partial charge in [-0.15, -0.1) is 0 Å². The van der Waals surface area contributed by atoms with Crippen LogP contribution in [-0.2, 0) is 9.53 Å². The zero-order chi connectivity index (χ0) is 23.5. The first-order chi connectivity index (χ1) is 15.2. The summed E-state index contributed by atoms with van der Waals surface area (Å²) in [7, 11) is 3.09. The Morgan fingerprint density at radius 2 is 2.12 bits per heavy atom. The molecule has 0 saturated carbocycles. The molecule has 2 aliphatic rings. The minimum absolute atomic E-state index is 0.179. The van der Waals surface area contributed by atoms with Crippen molar-refractivity contribution in [1.29, 1.82) is 0 Å². The summed E-state index contributed by atoms with van der Waals surface area (Å²) in [4.78, 5) is 38.4. The summed E-state index contributed by atoms with van der Waals surface area (Å²) in [6.07, 6.45) is 1.77. The number of imide groups is 1. The van der Waals surface area contributed by atoms with E-state index in [1.54, 1.807) is 14.0 Å². The molecular weight excluding hydrogens is 438 g/mol. The number of nitrogens with two attached hydrogens (primary N) is 1. The molecule has 1 aromatic carbocycles. The molecule has 0 bridgehead atoms. The maximum absolute atomic E-state index is 12.9. The van der Waals surface area contributed by atoms with E-state index < -0.39 is 11.6 Å². The molecule has 2 heterocycles. The SMILES string of the molecule is COc1cc(N)c(Cl)cc1C(=O)NC1CCN(CCCC2(C)NC(=O)NC2=O)CC1OC. The topological polar surface area (TPSA) is 135 Å². The molecule has 2 saturated heterocycles. The molecule has 32 heavy (non-hydrogen) atoms. The summed E-state index contributed by atoms with van der Waals surface area (Å²) < 4.78 is 10.9. The zero-order valence-electron chi connectivity index (χ0n) is 18.5. The van der Waals surface area contributed by atoms with Crippen LogP contribution in [0.1, 0.15) is 36.5 Å². The predicted octanol–water partition coefficient (Wildman–Crippen LogP) is 1.13. The van der Waals surface area contributed by atoms with Gasteiger partial charge in [-0.2, -0.15) is 0 Å². The van der Waals surface area contributed by atoms with Gasteiger partial charge in [-0.05, 0) is 38.8 Å². The van der Waals surface area contributed by atoms with Crippen molar-refractivity contribution < 1.29 is 23.9 Å². The number of halogens is 1. The standard InChI is InChI=1S/C21H30ClN5O5/c1-21(19(29)25-20(30)26-21)6-4-7-27-8-5-15(17(11-27)32-3)24-18(28)12-9-13(22)14(23)10-16(12)31-2/h9-10,15,17H,4-8,11,23H2,1-3H3,(H,24,28)(H2,25,26,29,30). The summed E-state index contributed by atoms with van der Waals surface area (Å²) in [5, 5.41) is 8.27. The summed E-state index contributed by atoms with van der Waals surface area (Å²) in [5.74, 6) is -0.246. The Bertz CT molecular complexity index is 898. The van der Waals surface area contributed by atoms with Crippen LogP contribution in [0.5, 0.6) is 5.75 Å². The van der Waals surface area contributed by atoms with Gasteiger partial charge >= 0.3 is 6.03 Å². The Hall–Kier alpha value is -2.56. The Kier molecular flexibility index (Phi) is 7.47. The molecule has 176 valence electrons. The lowest BCUT2D eigenvalue weighted by atomic mass is 9.95. The van der Waals surface area contributed by atoms with E-state index in [1.165, 1.54) is 19.2 Å². The first kappa shape index (κ1) is 24.1. The van der Waals surface area contributed by atoms with Crippen molar-refractivity contribution in [3.8, 4) is 5.75 Å². The highest BCUT2D eigenvalue weighted by Crippen LogP contribution is 2.29. The number of nitrogen functional groups attached to an aromatic ring is 1. The normalized spacial score (nSPS) is 25.9. The number of nitrogens with one attached hydrogen (secondary N) is 3. The molecule has 0 spiro atoms. The third-order valence-electron chi connectivity index (χ3n) is 6.09. The third-order valence-corrected chi connectivity index (χ3v) is 6.42. The van der Waals surface area contributed by atoms with Crippen LogP contribution in [0.2, 0.25) is 5.02 Å². The van der Waals surface area contributed by atoms with Gasteiger partial charge in [0.05, 0.1) is 35.5 Å². The van der Waals surface area contributed by atoms with Crippen LogP contribution in [0.15, 0.2) is 12.1 Å². The molecule has 10 nitrogen and oxygen atoms in total. The maximum Gasteiger partial charge on any atom is 0.322 e. The molecule has 0 aliphatic carbocycles. The fourth-order valence-corrected chi connectivity index (χ4v) is 4.32. The van der Waals surface area contributed by atoms with Crippen molar-refractivity contribution in [2.75, 3.05) is 39.6 Å². The van der Waals surface area contributed by atoms with E-state index in [0.717, 1.165) is 19.5 Å². The molecule has 2 fully saturated rings. The highest BCUT2D eigenvalue weighted by molar-refractivity contribution is 6.33. The van der Waals surface area contributed by atoms with Crippen LogP contribution in [-0.4, -0.2) is 74.3 Å². The lowest BCUT2D eigenvalue weighted by Crippen LogP contribution is -2.55. The summed E-state index contributed by atoms with van der Waals surface area (Å²) in [6.45, 7) is 3.88. The number of ether oxygens (including phenoxy) is 2. The summed E-state index contributed by atoms with van der Waals surface area (Å²) in [5.41, 5.74) is 5.58. The van der Waals surface area contributed by atoms with Crippen LogP contribution in [0.25, 0.3) is 0 Å². The van der Waals surface area contributed by atoms with Crippen molar-refractivity contribution in [1.82, 2.24) is 20.9 Å². The van der Waals surface area contributed by atoms with Crippen molar-refractivity contribution in [2.24, 2.45) is 0 Å². The smallest absolute Gasteiger partial charge is 0.322 e. The molecule has 3 unspecified atom stereocenters. The van der Waals surface area contributed by atoms with Crippen LogP contribution in [0.4, 0.5) is 10.5 Å². The van der Waals surface area contributed by atoms with Gasteiger partial charge in [0.1, 0.15) is 11.3 Å². The Balaban J connectivity index is 1.54. The number of carbonyl (C=O) groups excluding carboxylic acids is 3. The van der Waals surface area contributed by atoms with E-state index in [2.05, 4.69) is 20.9 Å². The highest BCUT2D eigenvalue weighted by Gasteiger charge is 2.41. The minimum atomic E-state index is -0.872. The monoisotopic (exact) mass is 467 g/mol. The minimum Gasteiger partial charge on any atom is -0.496 e. The molecule has 2 aliphatic heterocycles. The Labute approximate surface area is 192 Å². The molecule has 11 heteroatoms. The van der Waals surface area contributed by atoms with Crippen molar-refractivity contribution in [3.05, 3.63) is 22.7 Å². The quantitative estimate of drug-likeness (QED) is 0.332. The number of urea groups is 1. The lowest BCUT2D eigenvalue weighted by Gasteiger charge is -2.38. The van der Waals surface area contributed by atoms with Crippen LogP contribution in [0, 0.1) is 0 Å². The van der Waals surface area contributed by atoms with Gasteiger partial charge in [-0.25, -0.2) is 4.79 Å². The second-order valence-corrected chi connectivity index (χ2v) is 8.77. The van der Waals surface area contributed by atoms with Crippen LogP contribution in [0.3, 0.4) is 0 Å². The molecule has 1 aromatic rings. The average Bonchev–Trinajstić information content (AvgIpc) is 3.01. The van der Waals surface area contributed by atoms with Crippen LogP contribution >= 0.6 is 11.6 Å². The molecule has 5 N–H and O–H groups in total. The van der Waals surface area contributed by atoms with Crippen LogP contribution < -0.4 is 26.4 Å². The van der Waals surface area contributed by atoms with E-state index in [0.29, 0.717) is 36.4 Å². The zero-order valence-corrected chi connectivity index (χ0v) is 19.3. The van der Waals surface area contributed by atoms with Gasteiger partial charge in [-0.3, -0.25) is 14.9 Å². The number of benzene rings is 1. The second kappa shape index (κ2) is 9.93. The molecule has 3 atom stereocenters. The molecular formula is C21H30ClN5O5. The number of anilines is 1. The number of hydrogen-bond donors (Lipinski definition) is 4. The van der Waals surface area contributed by atoms with E-state index in [1.807, 2.05) is 0 Å². The Morgan fingerprint density at radius 1 is 1.38 bits per heavy atom. The molecule has 0 radical (unpaired) electrons. The van der Waals surface area contributed by atoms with Crippen molar-refractivity contribution in [3.63, 3.8) is 0 Å². The van der Waals surface area contributed by atoms with E-state index in [-0.39, 0.29) is 29.0 Å². The first-order valence-corrected chi connectivity index (χ1v) is 10.9. The van der Waals surface area contributed by atoms with Gasteiger partial charge < -0.3 is 30.7 Å². The van der Waals surface area contributed by atoms with E-state index in [9.17, 15) is 14.4 Å².